The molecular weight excluding hydrogens is 270 g/mol. The molecule has 1 aromatic carbocycles. The number of nitrogens with one attached hydrogen (secondary N) is 2. The third-order valence-corrected chi connectivity index (χ3v) is 3.03. The first-order valence-electron chi connectivity index (χ1n) is 6.22. The fraction of sp³-hybridized carbons (Fsp3) is 0. The summed E-state index contributed by atoms with van der Waals surface area (Å²) in [4.78, 5) is 30.0. The van der Waals surface area contributed by atoms with E-state index in [2.05, 4.69) is 15.3 Å². The molecule has 0 radical (unpaired) electrons. The Morgan fingerprint density at radius 2 is 1.95 bits per heavy atom. The zero-order valence-electron chi connectivity index (χ0n) is 10.8. The van der Waals surface area contributed by atoms with Gasteiger partial charge < -0.3 is 15.4 Å². The number of rotatable bonds is 3. The molecule has 0 saturated carbocycles. The molecule has 3 N–H and O–H groups in total. The average Bonchev–Trinajstić information content (AvgIpc) is 2.91. The van der Waals surface area contributed by atoms with Gasteiger partial charge >= 0.3 is 5.97 Å². The molecule has 104 valence electrons. The maximum absolute atomic E-state index is 12.2. The van der Waals surface area contributed by atoms with E-state index in [9.17, 15) is 9.59 Å². The second kappa shape index (κ2) is 5.09. The minimum Gasteiger partial charge on any atom is -0.476 e. The first-order chi connectivity index (χ1) is 10.1. The lowest BCUT2D eigenvalue weighted by molar-refractivity contribution is 0.0691. The van der Waals surface area contributed by atoms with E-state index in [0.717, 1.165) is 10.9 Å². The topological polar surface area (TPSA) is 95.1 Å². The maximum Gasteiger partial charge on any atom is 0.356 e. The second-order valence-electron chi connectivity index (χ2n) is 4.43. The van der Waals surface area contributed by atoms with E-state index in [1.54, 1.807) is 12.1 Å². The van der Waals surface area contributed by atoms with Gasteiger partial charge in [0.25, 0.3) is 5.91 Å². The number of carbonyl (C=O) groups is 2. The number of carbonyl (C=O) groups excluding carboxylic acids is 1. The standard InChI is InChI=1S/C15H11N3O3/c19-14(12-8-9-4-1-2-5-10(9)17-12)18-11-6-3-7-16-13(11)15(20)21/h1-8,17H,(H,18,19)(H,20,21). The molecule has 3 aromatic rings. The lowest BCUT2D eigenvalue weighted by Gasteiger charge is -2.06. The number of H-pyrrole nitrogens is 1. The van der Waals surface area contributed by atoms with E-state index in [1.807, 2.05) is 24.3 Å². The van der Waals surface area contributed by atoms with Crippen molar-refractivity contribution in [3.05, 3.63) is 60.0 Å². The van der Waals surface area contributed by atoms with E-state index >= 15 is 0 Å². The molecule has 6 nitrogen and oxygen atoms in total. The summed E-state index contributed by atoms with van der Waals surface area (Å²) in [6, 6.07) is 12.3. The quantitative estimate of drug-likeness (QED) is 0.687. The number of hydrogen-bond donors (Lipinski definition) is 3. The summed E-state index contributed by atoms with van der Waals surface area (Å²) in [5, 5.41) is 12.5. The molecule has 0 saturated heterocycles. The van der Waals surface area contributed by atoms with Crippen molar-refractivity contribution in [1.82, 2.24) is 9.97 Å². The van der Waals surface area contributed by atoms with Crippen LogP contribution in [0.25, 0.3) is 10.9 Å². The molecule has 2 heterocycles. The van der Waals surface area contributed by atoms with Gasteiger partial charge in [-0.3, -0.25) is 4.79 Å². The fourth-order valence-corrected chi connectivity index (χ4v) is 2.06. The number of pyridine rings is 1. The number of nitrogens with zero attached hydrogens (tertiary/aromatic N) is 1. The van der Waals surface area contributed by atoms with Crippen LogP contribution in [0.5, 0.6) is 0 Å². The van der Waals surface area contributed by atoms with Gasteiger partial charge in [0.2, 0.25) is 0 Å². The highest BCUT2D eigenvalue weighted by Crippen LogP contribution is 2.17. The summed E-state index contributed by atoms with van der Waals surface area (Å²) in [7, 11) is 0. The summed E-state index contributed by atoms with van der Waals surface area (Å²) < 4.78 is 0. The van der Waals surface area contributed by atoms with E-state index < -0.39 is 11.9 Å². The van der Waals surface area contributed by atoms with Gasteiger partial charge in [-0.25, -0.2) is 9.78 Å². The van der Waals surface area contributed by atoms with Gasteiger partial charge in [-0.2, -0.15) is 0 Å². The van der Waals surface area contributed by atoms with Crippen LogP contribution in [0.2, 0.25) is 0 Å². The van der Waals surface area contributed by atoms with Crippen molar-refractivity contribution in [2.75, 3.05) is 5.32 Å². The molecule has 3 rings (SSSR count). The fourth-order valence-electron chi connectivity index (χ4n) is 2.06. The molecule has 0 bridgehead atoms. The van der Waals surface area contributed by atoms with E-state index in [0.29, 0.717) is 5.69 Å². The highest BCUT2D eigenvalue weighted by atomic mass is 16.4. The van der Waals surface area contributed by atoms with Crippen LogP contribution in [-0.2, 0) is 0 Å². The van der Waals surface area contributed by atoms with Crippen molar-refractivity contribution in [3.63, 3.8) is 0 Å². The van der Waals surface area contributed by atoms with Crippen LogP contribution in [-0.4, -0.2) is 27.0 Å². The van der Waals surface area contributed by atoms with Crippen LogP contribution in [0.3, 0.4) is 0 Å². The summed E-state index contributed by atoms with van der Waals surface area (Å²) in [6.07, 6.45) is 1.36. The summed E-state index contributed by atoms with van der Waals surface area (Å²) in [5.74, 6) is -1.61. The largest absolute Gasteiger partial charge is 0.476 e. The Bertz CT molecular complexity index is 806. The number of carboxylic acids is 1. The number of carboxylic acid groups (broad SMARTS) is 1. The lowest BCUT2D eigenvalue weighted by atomic mass is 10.2. The predicted octanol–water partition coefficient (Wildman–Crippen LogP) is 2.51. The number of fused-ring (bicyclic) bond motifs is 1. The van der Waals surface area contributed by atoms with Crippen molar-refractivity contribution >= 4 is 28.5 Å². The Balaban J connectivity index is 1.91. The SMILES string of the molecule is O=C(Nc1cccnc1C(=O)O)c1cc2ccccc2[nH]1. The van der Waals surface area contributed by atoms with Gasteiger partial charge in [0.05, 0.1) is 5.69 Å². The Morgan fingerprint density at radius 1 is 1.14 bits per heavy atom. The minimum absolute atomic E-state index is 0.161. The van der Waals surface area contributed by atoms with Crippen molar-refractivity contribution in [2.45, 2.75) is 0 Å². The molecule has 6 heteroatoms. The molecule has 0 atom stereocenters. The van der Waals surface area contributed by atoms with Crippen LogP contribution in [0.1, 0.15) is 21.0 Å². The number of amides is 1. The maximum atomic E-state index is 12.2. The van der Waals surface area contributed by atoms with Crippen LogP contribution in [0, 0.1) is 0 Å². The number of hydrogen-bond acceptors (Lipinski definition) is 3. The zero-order valence-corrected chi connectivity index (χ0v) is 10.8. The van der Waals surface area contributed by atoms with Crippen molar-refractivity contribution in [3.8, 4) is 0 Å². The average molecular weight is 281 g/mol. The van der Waals surface area contributed by atoms with Crippen molar-refractivity contribution in [2.24, 2.45) is 0 Å². The van der Waals surface area contributed by atoms with Gasteiger partial charge in [0.15, 0.2) is 5.69 Å². The molecular formula is C15H11N3O3. The molecule has 2 aromatic heterocycles. The Kier molecular flexibility index (Phi) is 3.12. The highest BCUT2D eigenvalue weighted by Gasteiger charge is 2.15. The molecule has 1 amide bonds. The first-order valence-corrected chi connectivity index (χ1v) is 6.22. The molecule has 0 aliphatic rings. The van der Waals surface area contributed by atoms with Crippen molar-refractivity contribution in [1.29, 1.82) is 0 Å². The van der Waals surface area contributed by atoms with Crippen LogP contribution < -0.4 is 5.32 Å². The van der Waals surface area contributed by atoms with Gasteiger partial charge in [0.1, 0.15) is 5.69 Å². The van der Waals surface area contributed by atoms with Crippen LogP contribution in [0.15, 0.2) is 48.7 Å². The Hall–Kier alpha value is -3.15. The van der Waals surface area contributed by atoms with Gasteiger partial charge in [-0.05, 0) is 24.3 Å². The monoisotopic (exact) mass is 281 g/mol. The molecule has 0 unspecified atom stereocenters. The number of aromatic carboxylic acids is 1. The Morgan fingerprint density at radius 3 is 2.71 bits per heavy atom. The summed E-state index contributed by atoms with van der Waals surface area (Å²) >= 11 is 0. The number of aromatic amines is 1. The molecule has 0 fully saturated rings. The first kappa shape index (κ1) is 12.9. The molecule has 0 aliphatic carbocycles. The normalized spacial score (nSPS) is 10.5. The van der Waals surface area contributed by atoms with E-state index in [-0.39, 0.29) is 11.4 Å². The van der Waals surface area contributed by atoms with Gasteiger partial charge in [-0.15, -0.1) is 0 Å². The highest BCUT2D eigenvalue weighted by molar-refractivity contribution is 6.08. The zero-order chi connectivity index (χ0) is 14.8. The number of benzene rings is 1. The molecule has 21 heavy (non-hydrogen) atoms. The van der Waals surface area contributed by atoms with Gasteiger partial charge in [0, 0.05) is 17.1 Å². The molecule has 0 spiro atoms. The molecule has 0 aliphatic heterocycles. The van der Waals surface area contributed by atoms with Crippen LogP contribution in [0.4, 0.5) is 5.69 Å². The van der Waals surface area contributed by atoms with Gasteiger partial charge in [-0.1, -0.05) is 18.2 Å². The van der Waals surface area contributed by atoms with E-state index in [1.165, 1.54) is 12.3 Å². The van der Waals surface area contributed by atoms with E-state index in [4.69, 9.17) is 5.11 Å². The third-order valence-electron chi connectivity index (χ3n) is 3.03. The second-order valence-corrected chi connectivity index (χ2v) is 4.43. The van der Waals surface area contributed by atoms with Crippen molar-refractivity contribution < 1.29 is 14.7 Å². The smallest absolute Gasteiger partial charge is 0.356 e. The number of aromatic nitrogens is 2. The third kappa shape index (κ3) is 2.46. The van der Waals surface area contributed by atoms with Crippen LogP contribution >= 0.6 is 0 Å². The lowest BCUT2D eigenvalue weighted by Crippen LogP contribution is -2.15. The minimum atomic E-state index is -1.19. The number of para-hydroxylation sites is 1. The number of anilines is 1. The summed E-state index contributed by atoms with van der Waals surface area (Å²) in [6.45, 7) is 0. The predicted molar refractivity (Wildman–Crippen MR) is 77.4 cm³/mol. The summed E-state index contributed by atoms with van der Waals surface area (Å²) in [5.41, 5.74) is 1.17. The Labute approximate surface area is 119 Å².